The van der Waals surface area contributed by atoms with Gasteiger partial charge in [0.1, 0.15) is 0 Å². The molecule has 0 aliphatic rings. The van der Waals surface area contributed by atoms with Crippen LogP contribution in [0.1, 0.15) is 31.9 Å². The minimum atomic E-state index is 0.0260. The SMILES string of the molecule is CC(C)(C)c1ccc2ccn(Cc3ccc(N)cc3)c(=O)c2c1. The fourth-order valence-corrected chi connectivity index (χ4v) is 2.69. The second-order valence-corrected chi connectivity index (χ2v) is 7.04. The molecule has 2 N–H and O–H groups in total. The number of nitrogens with zero attached hydrogens (tertiary/aromatic N) is 1. The number of hydrogen-bond donors (Lipinski definition) is 1. The molecule has 3 heteroatoms. The first-order valence-electron chi connectivity index (χ1n) is 7.83. The highest BCUT2D eigenvalue weighted by atomic mass is 16.1. The largest absolute Gasteiger partial charge is 0.399 e. The molecule has 1 heterocycles. The van der Waals surface area contributed by atoms with E-state index < -0.39 is 0 Å². The molecule has 0 aliphatic carbocycles. The van der Waals surface area contributed by atoms with Gasteiger partial charge in [-0.25, -0.2) is 0 Å². The van der Waals surface area contributed by atoms with Gasteiger partial charge in [0, 0.05) is 17.3 Å². The summed E-state index contributed by atoms with van der Waals surface area (Å²) in [6, 6.07) is 15.8. The second kappa shape index (κ2) is 5.58. The maximum absolute atomic E-state index is 12.8. The lowest BCUT2D eigenvalue weighted by atomic mass is 9.86. The van der Waals surface area contributed by atoms with Crippen LogP contribution in [0, 0.1) is 0 Å². The Morgan fingerprint density at radius 2 is 1.70 bits per heavy atom. The molecule has 0 aliphatic heterocycles. The maximum Gasteiger partial charge on any atom is 0.258 e. The molecule has 0 saturated carbocycles. The number of fused-ring (bicyclic) bond motifs is 1. The summed E-state index contributed by atoms with van der Waals surface area (Å²) in [5.74, 6) is 0. The Balaban J connectivity index is 2.06. The number of nitrogen functional groups attached to an aromatic ring is 1. The summed E-state index contributed by atoms with van der Waals surface area (Å²) in [6.45, 7) is 7.02. The first kappa shape index (κ1) is 15.3. The number of hydrogen-bond acceptors (Lipinski definition) is 2. The van der Waals surface area contributed by atoms with E-state index in [1.54, 1.807) is 4.57 Å². The molecule has 118 valence electrons. The highest BCUT2D eigenvalue weighted by Crippen LogP contribution is 2.24. The van der Waals surface area contributed by atoms with Gasteiger partial charge in [0.15, 0.2) is 0 Å². The zero-order valence-electron chi connectivity index (χ0n) is 13.8. The molecule has 0 radical (unpaired) electrons. The molecule has 0 fully saturated rings. The van der Waals surface area contributed by atoms with Gasteiger partial charge in [0.05, 0.1) is 6.54 Å². The van der Waals surface area contributed by atoms with Crippen molar-refractivity contribution in [3.05, 3.63) is 76.2 Å². The minimum absolute atomic E-state index is 0.0260. The molecule has 3 rings (SSSR count). The number of nitrogens with two attached hydrogens (primary N) is 1. The predicted octanol–water partition coefficient (Wildman–Crippen LogP) is 3.93. The number of pyridine rings is 1. The fraction of sp³-hybridized carbons (Fsp3) is 0.250. The van der Waals surface area contributed by atoms with Crippen molar-refractivity contribution in [2.75, 3.05) is 5.73 Å². The fourth-order valence-electron chi connectivity index (χ4n) is 2.69. The average molecular weight is 306 g/mol. The van der Waals surface area contributed by atoms with E-state index in [4.69, 9.17) is 5.73 Å². The van der Waals surface area contributed by atoms with Gasteiger partial charge < -0.3 is 10.3 Å². The van der Waals surface area contributed by atoms with Gasteiger partial charge in [-0.1, -0.05) is 45.0 Å². The number of benzene rings is 2. The summed E-state index contributed by atoms with van der Waals surface area (Å²) >= 11 is 0. The zero-order chi connectivity index (χ0) is 16.6. The number of anilines is 1. The molecule has 0 bridgehead atoms. The Morgan fingerprint density at radius 1 is 1.00 bits per heavy atom. The van der Waals surface area contributed by atoms with Gasteiger partial charge in [0.25, 0.3) is 5.56 Å². The molecule has 3 aromatic rings. The summed E-state index contributed by atoms with van der Waals surface area (Å²) < 4.78 is 1.75. The predicted molar refractivity (Wildman–Crippen MR) is 96.9 cm³/mol. The van der Waals surface area contributed by atoms with E-state index in [0.29, 0.717) is 6.54 Å². The molecular formula is C20H22N2O. The number of aromatic nitrogens is 1. The van der Waals surface area contributed by atoms with Crippen molar-refractivity contribution in [1.82, 2.24) is 4.57 Å². The van der Waals surface area contributed by atoms with E-state index in [1.807, 2.05) is 48.7 Å². The van der Waals surface area contributed by atoms with Crippen LogP contribution in [0.25, 0.3) is 10.8 Å². The zero-order valence-corrected chi connectivity index (χ0v) is 13.8. The van der Waals surface area contributed by atoms with Crippen LogP contribution in [0.15, 0.2) is 59.5 Å². The van der Waals surface area contributed by atoms with E-state index in [2.05, 4.69) is 26.8 Å². The summed E-state index contributed by atoms with van der Waals surface area (Å²) in [5, 5.41) is 1.76. The van der Waals surface area contributed by atoms with Crippen molar-refractivity contribution < 1.29 is 0 Å². The lowest BCUT2D eigenvalue weighted by Gasteiger charge is -2.19. The van der Waals surface area contributed by atoms with Crippen LogP contribution in [0.2, 0.25) is 0 Å². The Kier molecular flexibility index (Phi) is 3.72. The van der Waals surface area contributed by atoms with Gasteiger partial charge in [-0.3, -0.25) is 4.79 Å². The average Bonchev–Trinajstić information content (AvgIpc) is 2.51. The molecule has 1 aromatic heterocycles. The Morgan fingerprint density at radius 3 is 2.35 bits per heavy atom. The van der Waals surface area contributed by atoms with Gasteiger partial charge in [-0.05, 0) is 46.2 Å². The van der Waals surface area contributed by atoms with E-state index in [0.717, 1.165) is 22.0 Å². The lowest BCUT2D eigenvalue weighted by Crippen LogP contribution is -2.21. The van der Waals surface area contributed by atoms with E-state index >= 15 is 0 Å². The van der Waals surface area contributed by atoms with Crippen LogP contribution in [0.4, 0.5) is 5.69 Å². The third kappa shape index (κ3) is 3.14. The molecule has 0 spiro atoms. The lowest BCUT2D eigenvalue weighted by molar-refractivity contribution is 0.591. The molecule has 0 unspecified atom stereocenters. The summed E-state index contributed by atoms with van der Waals surface area (Å²) in [5.41, 5.74) is 8.75. The smallest absolute Gasteiger partial charge is 0.258 e. The van der Waals surface area contributed by atoms with Crippen LogP contribution in [-0.2, 0) is 12.0 Å². The Hall–Kier alpha value is -2.55. The monoisotopic (exact) mass is 306 g/mol. The Labute approximate surface area is 136 Å². The molecule has 23 heavy (non-hydrogen) atoms. The first-order chi connectivity index (χ1) is 10.8. The van der Waals surface area contributed by atoms with Crippen molar-refractivity contribution >= 4 is 16.5 Å². The second-order valence-electron chi connectivity index (χ2n) is 7.04. The minimum Gasteiger partial charge on any atom is -0.399 e. The van der Waals surface area contributed by atoms with Crippen molar-refractivity contribution in [2.45, 2.75) is 32.7 Å². The van der Waals surface area contributed by atoms with Gasteiger partial charge in [-0.15, -0.1) is 0 Å². The highest BCUT2D eigenvalue weighted by Gasteiger charge is 2.15. The van der Waals surface area contributed by atoms with Crippen molar-refractivity contribution in [3.63, 3.8) is 0 Å². The van der Waals surface area contributed by atoms with Crippen molar-refractivity contribution in [1.29, 1.82) is 0 Å². The molecule has 0 saturated heterocycles. The van der Waals surface area contributed by atoms with Crippen molar-refractivity contribution in [2.24, 2.45) is 0 Å². The van der Waals surface area contributed by atoms with Crippen LogP contribution in [0.5, 0.6) is 0 Å². The van der Waals surface area contributed by atoms with E-state index in [-0.39, 0.29) is 11.0 Å². The molecule has 0 atom stereocenters. The first-order valence-corrected chi connectivity index (χ1v) is 7.83. The quantitative estimate of drug-likeness (QED) is 0.729. The standard InChI is InChI=1S/C20H22N2O/c1-20(2,3)16-7-6-15-10-11-22(19(23)18(15)12-16)13-14-4-8-17(21)9-5-14/h4-12H,13,21H2,1-3H3. The maximum atomic E-state index is 12.8. The van der Waals surface area contributed by atoms with Crippen molar-refractivity contribution in [3.8, 4) is 0 Å². The normalized spacial score (nSPS) is 11.8. The van der Waals surface area contributed by atoms with Crippen LogP contribution >= 0.6 is 0 Å². The topological polar surface area (TPSA) is 48.0 Å². The van der Waals surface area contributed by atoms with Gasteiger partial charge >= 0.3 is 0 Å². The summed E-state index contributed by atoms with van der Waals surface area (Å²) in [4.78, 5) is 12.8. The molecule has 2 aromatic carbocycles. The molecule has 0 amide bonds. The number of rotatable bonds is 2. The van der Waals surface area contributed by atoms with Gasteiger partial charge in [-0.2, -0.15) is 0 Å². The summed E-state index contributed by atoms with van der Waals surface area (Å²) in [6.07, 6.45) is 1.86. The van der Waals surface area contributed by atoms with Crippen LogP contribution in [-0.4, -0.2) is 4.57 Å². The van der Waals surface area contributed by atoms with Gasteiger partial charge in [0.2, 0.25) is 0 Å². The third-order valence-electron chi connectivity index (χ3n) is 4.18. The van der Waals surface area contributed by atoms with E-state index in [1.165, 1.54) is 5.56 Å². The van der Waals surface area contributed by atoms with Crippen LogP contribution in [0.3, 0.4) is 0 Å². The third-order valence-corrected chi connectivity index (χ3v) is 4.18. The molecular weight excluding hydrogens is 284 g/mol. The highest BCUT2D eigenvalue weighted by molar-refractivity contribution is 5.82. The Bertz CT molecular complexity index is 900. The molecule has 3 nitrogen and oxygen atoms in total. The van der Waals surface area contributed by atoms with E-state index in [9.17, 15) is 4.79 Å². The summed E-state index contributed by atoms with van der Waals surface area (Å²) in [7, 11) is 0. The van der Waals surface area contributed by atoms with Crippen LogP contribution < -0.4 is 11.3 Å².